The first-order valence-electron chi connectivity index (χ1n) is 23.6. The van der Waals surface area contributed by atoms with Crippen molar-refractivity contribution in [2.24, 2.45) is 0 Å². The van der Waals surface area contributed by atoms with Gasteiger partial charge < -0.3 is 24.0 Å². The molecule has 62 heavy (non-hydrogen) atoms. The molecule has 0 spiro atoms. The lowest BCUT2D eigenvalue weighted by Gasteiger charge is -2.24. The summed E-state index contributed by atoms with van der Waals surface area (Å²) in [5, 5.41) is 9.78. The van der Waals surface area contributed by atoms with Gasteiger partial charge in [0.2, 0.25) is 0 Å². The van der Waals surface area contributed by atoms with Crippen LogP contribution in [0.1, 0.15) is 155 Å². The zero-order chi connectivity index (χ0) is 45.8. The Morgan fingerprint density at radius 2 is 1.11 bits per heavy atom. The van der Waals surface area contributed by atoms with Crippen LogP contribution in [0.2, 0.25) is 0 Å². The van der Waals surface area contributed by atoms with Crippen molar-refractivity contribution in [1.82, 2.24) is 0 Å². The fourth-order valence-corrected chi connectivity index (χ4v) is 6.46. The standard InChI is InChI=1S/C51H86NO9P/c1-6-8-10-11-12-13-14-15-16-17-18-19-20-21-22-27-30-33-36-39-43-51(55)61-49(47-60-62(56,57)59-45-44-52(3,4)5)46-58-50(54)42-38-35-32-29-26-24-23-25-28-31-34-37-41-48(53)40-9-7-2/h9,13-14,16-17,19-20,23-24,28-29,31-32,34,37,40,48-49,53H,6-8,10-12,15,18,21-22,25-27,30,33,35-36,38-39,41-47H2,1-5H3/p+1/b14-13-,17-16-,20-19-,24-23-,31-28-,32-29-,37-34+,40-9-/t48?,49-/m1/s1. The van der Waals surface area contributed by atoms with Gasteiger partial charge in [-0.05, 0) is 83.5 Å². The highest BCUT2D eigenvalue weighted by Gasteiger charge is 2.27. The predicted molar refractivity (Wildman–Crippen MR) is 258 cm³/mol. The molecule has 0 fully saturated rings. The first kappa shape index (κ1) is 58.9. The van der Waals surface area contributed by atoms with E-state index in [1.165, 1.54) is 32.1 Å². The predicted octanol–water partition coefficient (Wildman–Crippen LogP) is 12.7. The van der Waals surface area contributed by atoms with Crippen LogP contribution in [0.15, 0.2) is 97.2 Å². The number of allylic oxidation sites excluding steroid dienone is 14. The minimum Gasteiger partial charge on any atom is -0.462 e. The van der Waals surface area contributed by atoms with Gasteiger partial charge >= 0.3 is 19.8 Å². The normalized spacial score (nSPS) is 14.9. The Hall–Kier alpha value is -3.11. The number of quaternary nitrogens is 1. The van der Waals surface area contributed by atoms with Crippen molar-refractivity contribution in [1.29, 1.82) is 0 Å². The molecule has 0 bridgehead atoms. The lowest BCUT2D eigenvalue weighted by Crippen LogP contribution is -2.37. The number of phosphoric ester groups is 1. The summed E-state index contributed by atoms with van der Waals surface area (Å²) in [4.78, 5) is 35.4. The zero-order valence-corrected chi connectivity index (χ0v) is 40.3. The highest BCUT2D eigenvalue weighted by molar-refractivity contribution is 7.47. The largest absolute Gasteiger partial charge is 0.472 e. The van der Waals surface area contributed by atoms with Crippen LogP contribution in [-0.2, 0) is 32.7 Å². The summed E-state index contributed by atoms with van der Waals surface area (Å²) in [6.07, 6.45) is 52.3. The van der Waals surface area contributed by atoms with E-state index in [1.54, 1.807) is 0 Å². The fraction of sp³-hybridized carbons (Fsp3) is 0.647. The van der Waals surface area contributed by atoms with E-state index in [-0.39, 0.29) is 26.1 Å². The van der Waals surface area contributed by atoms with Gasteiger partial charge in [-0.2, -0.15) is 0 Å². The highest BCUT2D eigenvalue weighted by atomic mass is 31.2. The SMILES string of the molecule is CC/C=C\C(O)C/C=C/C=C\C/C=C\C/C=C\CCCC(=O)OC[C@H](COP(=O)(O)OCC[N+](C)(C)C)OC(=O)CCCCCCCC/C=C\C/C=C\C/C=C\CCCCCC. The quantitative estimate of drug-likeness (QED) is 0.0154. The summed E-state index contributed by atoms with van der Waals surface area (Å²) in [5.41, 5.74) is 0. The first-order valence-corrected chi connectivity index (χ1v) is 25.1. The summed E-state index contributed by atoms with van der Waals surface area (Å²) in [6, 6.07) is 0. The molecular weight excluding hydrogens is 802 g/mol. The van der Waals surface area contributed by atoms with E-state index in [4.69, 9.17) is 18.5 Å². The Morgan fingerprint density at radius 3 is 1.71 bits per heavy atom. The molecule has 0 saturated carbocycles. The molecule has 11 heteroatoms. The van der Waals surface area contributed by atoms with E-state index in [0.29, 0.717) is 36.7 Å². The first-order chi connectivity index (χ1) is 29.9. The molecule has 0 aliphatic carbocycles. The van der Waals surface area contributed by atoms with Crippen LogP contribution in [0.5, 0.6) is 0 Å². The van der Waals surface area contributed by atoms with Crippen molar-refractivity contribution in [2.75, 3.05) is 47.5 Å². The molecule has 0 aromatic rings. The van der Waals surface area contributed by atoms with Gasteiger partial charge in [-0.3, -0.25) is 18.6 Å². The summed E-state index contributed by atoms with van der Waals surface area (Å²) in [6.45, 7) is 4.05. The van der Waals surface area contributed by atoms with E-state index in [9.17, 15) is 24.2 Å². The molecule has 0 aromatic carbocycles. The summed E-state index contributed by atoms with van der Waals surface area (Å²) < 4.78 is 34.3. The third-order valence-corrected chi connectivity index (χ3v) is 10.4. The van der Waals surface area contributed by atoms with Gasteiger partial charge in [0, 0.05) is 12.8 Å². The minimum absolute atomic E-state index is 0.00730. The molecule has 0 amide bonds. The number of aliphatic hydroxyl groups excluding tert-OH is 1. The van der Waals surface area contributed by atoms with Crippen LogP contribution < -0.4 is 0 Å². The van der Waals surface area contributed by atoms with E-state index in [1.807, 2.05) is 64.5 Å². The fourth-order valence-electron chi connectivity index (χ4n) is 5.72. The number of nitrogens with zero attached hydrogens (tertiary/aromatic N) is 1. The van der Waals surface area contributed by atoms with E-state index < -0.39 is 38.6 Å². The van der Waals surface area contributed by atoms with E-state index in [2.05, 4.69) is 67.7 Å². The number of phosphoric acid groups is 1. The van der Waals surface area contributed by atoms with Crippen molar-refractivity contribution < 1.29 is 47.2 Å². The minimum atomic E-state index is -4.41. The average Bonchev–Trinajstić information content (AvgIpc) is 3.22. The van der Waals surface area contributed by atoms with E-state index >= 15 is 0 Å². The maximum absolute atomic E-state index is 12.7. The zero-order valence-electron chi connectivity index (χ0n) is 39.4. The maximum Gasteiger partial charge on any atom is 0.472 e. The Labute approximate surface area is 377 Å². The number of esters is 2. The second-order valence-electron chi connectivity index (χ2n) is 16.6. The van der Waals surface area contributed by atoms with Gasteiger partial charge in [0.1, 0.15) is 19.8 Å². The van der Waals surface area contributed by atoms with Crippen molar-refractivity contribution in [3.63, 3.8) is 0 Å². The van der Waals surface area contributed by atoms with Crippen molar-refractivity contribution in [2.45, 2.75) is 167 Å². The van der Waals surface area contributed by atoms with Gasteiger partial charge in [-0.15, -0.1) is 0 Å². The summed E-state index contributed by atoms with van der Waals surface area (Å²) in [7, 11) is 1.39. The molecule has 0 aliphatic heterocycles. The number of carbonyl (C=O) groups is 2. The van der Waals surface area contributed by atoms with Gasteiger partial charge in [0.15, 0.2) is 6.10 Å². The number of likely N-dealkylation sites (N-methyl/N-ethyl adjacent to an activating group) is 1. The Kier molecular flexibility index (Phi) is 39.8. The highest BCUT2D eigenvalue weighted by Crippen LogP contribution is 2.43. The monoisotopic (exact) mass is 889 g/mol. The number of unbranched alkanes of at least 4 members (excludes halogenated alkanes) is 11. The van der Waals surface area contributed by atoms with Gasteiger partial charge in [-0.1, -0.05) is 156 Å². The Balaban J connectivity index is 4.48. The molecule has 10 nitrogen and oxygen atoms in total. The second-order valence-corrected chi connectivity index (χ2v) is 18.1. The second kappa shape index (κ2) is 41.9. The van der Waals surface area contributed by atoms with Crippen LogP contribution in [0.3, 0.4) is 0 Å². The molecule has 0 aliphatic rings. The van der Waals surface area contributed by atoms with Crippen LogP contribution >= 0.6 is 7.82 Å². The van der Waals surface area contributed by atoms with Crippen LogP contribution in [0.4, 0.5) is 0 Å². The number of ether oxygens (including phenoxy) is 2. The molecule has 0 saturated heterocycles. The molecule has 0 aromatic heterocycles. The number of hydrogen-bond donors (Lipinski definition) is 2. The number of carbonyl (C=O) groups excluding carboxylic acids is 2. The van der Waals surface area contributed by atoms with Crippen molar-refractivity contribution in [3.8, 4) is 0 Å². The average molecular weight is 889 g/mol. The lowest BCUT2D eigenvalue weighted by atomic mass is 10.1. The van der Waals surface area contributed by atoms with Gasteiger partial charge in [-0.25, -0.2) is 4.57 Å². The smallest absolute Gasteiger partial charge is 0.462 e. The Bertz CT molecular complexity index is 1390. The third-order valence-electron chi connectivity index (χ3n) is 9.42. The summed E-state index contributed by atoms with van der Waals surface area (Å²) in [5.74, 6) is -0.914. The van der Waals surface area contributed by atoms with Crippen molar-refractivity contribution in [3.05, 3.63) is 97.2 Å². The molecule has 354 valence electrons. The van der Waals surface area contributed by atoms with Crippen LogP contribution in [0.25, 0.3) is 0 Å². The number of rotatable bonds is 41. The topological polar surface area (TPSA) is 129 Å². The van der Waals surface area contributed by atoms with Gasteiger partial charge in [0.05, 0.1) is 33.9 Å². The third kappa shape index (κ3) is 44.9. The van der Waals surface area contributed by atoms with Crippen molar-refractivity contribution >= 4 is 19.8 Å². The van der Waals surface area contributed by atoms with Gasteiger partial charge in [0.25, 0.3) is 0 Å². The molecular formula is C51H87NO9P+. The van der Waals surface area contributed by atoms with Crippen LogP contribution in [-0.4, -0.2) is 86.1 Å². The molecule has 2 unspecified atom stereocenters. The number of aliphatic hydroxyl groups is 1. The molecule has 2 N–H and O–H groups in total. The van der Waals surface area contributed by atoms with Crippen LogP contribution in [0, 0.1) is 0 Å². The maximum atomic E-state index is 12.7. The summed E-state index contributed by atoms with van der Waals surface area (Å²) >= 11 is 0. The molecule has 3 atom stereocenters. The molecule has 0 radical (unpaired) electrons. The molecule has 0 heterocycles. The lowest BCUT2D eigenvalue weighted by molar-refractivity contribution is -0.870. The van der Waals surface area contributed by atoms with E-state index in [0.717, 1.165) is 70.6 Å². The Morgan fingerprint density at radius 1 is 0.597 bits per heavy atom. The number of hydrogen-bond acceptors (Lipinski definition) is 8. The molecule has 0 rings (SSSR count).